The summed E-state index contributed by atoms with van der Waals surface area (Å²) < 4.78 is 22.4. The predicted molar refractivity (Wildman–Crippen MR) is 117 cm³/mol. The molecule has 1 aliphatic heterocycles. The Labute approximate surface area is 179 Å². The van der Waals surface area contributed by atoms with Gasteiger partial charge in [-0.3, -0.25) is 9.67 Å². The van der Waals surface area contributed by atoms with Crippen LogP contribution in [-0.2, 0) is 13.0 Å². The van der Waals surface area contributed by atoms with E-state index >= 15 is 0 Å². The number of hydrogen-bond donors (Lipinski definition) is 1. The van der Waals surface area contributed by atoms with E-state index in [9.17, 15) is 4.39 Å². The molecule has 2 N–H and O–H groups in total. The van der Waals surface area contributed by atoms with Crippen molar-refractivity contribution < 1.29 is 9.13 Å². The van der Waals surface area contributed by atoms with E-state index in [2.05, 4.69) is 15.1 Å². The number of fused-ring (bicyclic) bond motifs is 7. The Hall–Kier alpha value is -3.74. The molecule has 0 saturated heterocycles. The van der Waals surface area contributed by atoms with E-state index in [1.807, 2.05) is 42.9 Å². The highest BCUT2D eigenvalue weighted by atomic mass is 19.1. The van der Waals surface area contributed by atoms with E-state index in [1.54, 1.807) is 18.5 Å². The third-order valence-corrected chi connectivity index (χ3v) is 5.65. The van der Waals surface area contributed by atoms with E-state index in [-0.39, 0.29) is 11.6 Å². The number of anilines is 1. The molecule has 31 heavy (non-hydrogen) atoms. The first-order chi connectivity index (χ1) is 15.0. The molecule has 0 spiro atoms. The van der Waals surface area contributed by atoms with Gasteiger partial charge in [0.2, 0.25) is 0 Å². The second kappa shape index (κ2) is 7.50. The number of aromatic nitrogens is 4. The first-order valence-corrected chi connectivity index (χ1v) is 10.3. The molecular formula is C24H22FN5O. The lowest BCUT2D eigenvalue weighted by Crippen LogP contribution is -2.10. The molecule has 0 saturated carbocycles. The van der Waals surface area contributed by atoms with Gasteiger partial charge in [0.1, 0.15) is 11.9 Å². The van der Waals surface area contributed by atoms with E-state index < -0.39 is 6.10 Å². The summed E-state index contributed by atoms with van der Waals surface area (Å²) in [6.07, 6.45) is 5.54. The van der Waals surface area contributed by atoms with Gasteiger partial charge in [-0.2, -0.15) is 5.10 Å². The third kappa shape index (κ3) is 3.32. The summed E-state index contributed by atoms with van der Waals surface area (Å²) in [6.45, 7) is 4.64. The minimum Gasteiger partial charge on any atom is -0.482 e. The lowest BCUT2D eigenvalue weighted by atomic mass is 9.93. The molecule has 7 heteroatoms. The van der Waals surface area contributed by atoms with Gasteiger partial charge in [-0.05, 0) is 49.7 Å². The van der Waals surface area contributed by atoms with Crippen molar-refractivity contribution in [2.24, 2.45) is 0 Å². The lowest BCUT2D eigenvalue weighted by Gasteiger charge is -2.22. The maximum atomic E-state index is 14.2. The van der Waals surface area contributed by atoms with E-state index in [0.717, 1.165) is 33.6 Å². The molecule has 0 radical (unpaired) electrons. The van der Waals surface area contributed by atoms with Crippen LogP contribution in [0.3, 0.4) is 0 Å². The first-order valence-electron chi connectivity index (χ1n) is 10.3. The predicted octanol–water partition coefficient (Wildman–Crippen LogP) is 4.79. The van der Waals surface area contributed by atoms with Crippen LogP contribution in [0.5, 0.6) is 5.75 Å². The van der Waals surface area contributed by atoms with Gasteiger partial charge >= 0.3 is 0 Å². The highest BCUT2D eigenvalue weighted by molar-refractivity contribution is 5.71. The highest BCUT2D eigenvalue weighted by Crippen LogP contribution is 2.38. The normalized spacial score (nSPS) is 15.0. The average Bonchev–Trinajstić information content (AvgIpc) is 3.17. The summed E-state index contributed by atoms with van der Waals surface area (Å²) in [5.41, 5.74) is 12.4. The van der Waals surface area contributed by atoms with Crippen LogP contribution in [-0.4, -0.2) is 19.7 Å². The Balaban J connectivity index is 1.81. The number of pyridine rings is 2. The molecule has 4 heterocycles. The van der Waals surface area contributed by atoms with Crippen molar-refractivity contribution in [3.05, 3.63) is 77.5 Å². The van der Waals surface area contributed by atoms with Gasteiger partial charge in [-0.25, -0.2) is 9.37 Å². The van der Waals surface area contributed by atoms with Crippen molar-refractivity contribution in [1.29, 1.82) is 0 Å². The maximum Gasteiger partial charge on any atom is 0.166 e. The van der Waals surface area contributed by atoms with Crippen molar-refractivity contribution in [2.75, 3.05) is 5.73 Å². The smallest absolute Gasteiger partial charge is 0.166 e. The quantitative estimate of drug-likeness (QED) is 0.483. The minimum absolute atomic E-state index is 0.285. The zero-order valence-corrected chi connectivity index (χ0v) is 17.3. The van der Waals surface area contributed by atoms with Gasteiger partial charge in [-0.15, -0.1) is 0 Å². The van der Waals surface area contributed by atoms with Gasteiger partial charge in [0.15, 0.2) is 11.6 Å². The number of nitrogen functional groups attached to an aromatic ring is 1. The second-order valence-electron chi connectivity index (χ2n) is 7.62. The zero-order valence-electron chi connectivity index (χ0n) is 17.3. The summed E-state index contributed by atoms with van der Waals surface area (Å²) in [5.74, 6) is 0.412. The Bertz CT molecular complexity index is 1280. The number of hydrogen-bond acceptors (Lipinski definition) is 5. The number of ether oxygens (including phenoxy) is 1. The molecule has 6 nitrogen and oxygen atoms in total. The second-order valence-corrected chi connectivity index (χ2v) is 7.62. The maximum absolute atomic E-state index is 14.2. The number of nitrogens with zero attached hydrogens (tertiary/aromatic N) is 4. The fraction of sp³-hybridized carbons (Fsp3) is 0.208. The summed E-state index contributed by atoms with van der Waals surface area (Å²) in [7, 11) is 0. The fourth-order valence-electron chi connectivity index (χ4n) is 4.18. The molecule has 3 aromatic heterocycles. The zero-order chi connectivity index (χ0) is 21.5. The third-order valence-electron chi connectivity index (χ3n) is 5.65. The Kier molecular flexibility index (Phi) is 4.66. The SMILES string of the molecule is CCn1ncc2c1-c1cnc(N)c(c1)O[C@H](C)c1cc(F)ccc1-c1ncccc1C2. The number of halogens is 1. The largest absolute Gasteiger partial charge is 0.482 e. The van der Waals surface area contributed by atoms with Gasteiger partial charge in [-0.1, -0.05) is 6.07 Å². The fourth-order valence-corrected chi connectivity index (χ4v) is 4.18. The molecule has 156 valence electrons. The molecule has 4 aromatic rings. The van der Waals surface area contributed by atoms with Crippen LogP contribution < -0.4 is 10.5 Å². The summed E-state index contributed by atoms with van der Waals surface area (Å²) >= 11 is 0. The molecule has 1 atom stereocenters. The number of benzene rings is 1. The van der Waals surface area contributed by atoms with Crippen molar-refractivity contribution in [2.45, 2.75) is 32.9 Å². The van der Waals surface area contributed by atoms with E-state index in [4.69, 9.17) is 10.5 Å². The minimum atomic E-state index is -0.463. The van der Waals surface area contributed by atoms with Crippen molar-refractivity contribution in [3.8, 4) is 28.3 Å². The molecular weight excluding hydrogens is 393 g/mol. The number of nitrogens with two attached hydrogens (primary N) is 1. The number of aryl methyl sites for hydroxylation is 1. The summed E-state index contributed by atoms with van der Waals surface area (Å²) in [4.78, 5) is 9.02. The van der Waals surface area contributed by atoms with Crippen molar-refractivity contribution >= 4 is 5.82 Å². The van der Waals surface area contributed by atoms with Crippen LogP contribution in [0.15, 0.2) is 55.0 Å². The van der Waals surface area contributed by atoms with E-state index in [0.29, 0.717) is 24.3 Å². The lowest BCUT2D eigenvalue weighted by molar-refractivity contribution is 0.227. The van der Waals surface area contributed by atoms with Crippen molar-refractivity contribution in [1.82, 2.24) is 19.7 Å². The summed E-state index contributed by atoms with van der Waals surface area (Å²) in [6, 6.07) is 10.6. The van der Waals surface area contributed by atoms with Crippen LogP contribution in [0.25, 0.3) is 22.5 Å². The molecule has 0 unspecified atom stereocenters. The Morgan fingerprint density at radius 2 is 2.03 bits per heavy atom. The van der Waals surface area contributed by atoms with Gasteiger partial charge in [0.25, 0.3) is 0 Å². The first kappa shape index (κ1) is 19.2. The van der Waals surface area contributed by atoms with Crippen molar-refractivity contribution in [3.63, 3.8) is 0 Å². The monoisotopic (exact) mass is 415 g/mol. The molecule has 0 aliphatic carbocycles. The van der Waals surface area contributed by atoms with Crippen LogP contribution in [0.1, 0.15) is 36.6 Å². The highest BCUT2D eigenvalue weighted by Gasteiger charge is 2.23. The van der Waals surface area contributed by atoms with E-state index in [1.165, 1.54) is 12.1 Å². The topological polar surface area (TPSA) is 78.9 Å². The average molecular weight is 415 g/mol. The standard InChI is InChI=1S/C24H22FN5O/c1-3-30-23-16(13-29-30)9-15-5-4-8-27-22(15)19-7-6-18(25)11-20(19)14(2)31-21-10-17(23)12-28-24(21)26/h4-8,10-14H,3,9H2,1-2H3,(H2,26,28)/t14-/m1/s1. The van der Waals surface area contributed by atoms with Crippen LogP contribution in [0, 0.1) is 5.82 Å². The molecule has 1 aliphatic rings. The molecule has 5 rings (SSSR count). The Morgan fingerprint density at radius 1 is 1.16 bits per heavy atom. The van der Waals surface area contributed by atoms with Crippen LogP contribution in [0.4, 0.5) is 10.2 Å². The van der Waals surface area contributed by atoms with Crippen LogP contribution >= 0.6 is 0 Å². The molecule has 1 aromatic carbocycles. The summed E-state index contributed by atoms with van der Waals surface area (Å²) in [5, 5.41) is 4.57. The molecule has 2 bridgehead atoms. The number of rotatable bonds is 1. The molecule has 0 fully saturated rings. The van der Waals surface area contributed by atoms with Crippen LogP contribution in [0.2, 0.25) is 0 Å². The Morgan fingerprint density at radius 3 is 2.87 bits per heavy atom. The van der Waals surface area contributed by atoms with Gasteiger partial charge in [0.05, 0.1) is 17.6 Å². The van der Waals surface area contributed by atoms with Gasteiger partial charge in [0, 0.05) is 47.6 Å². The van der Waals surface area contributed by atoms with Gasteiger partial charge < -0.3 is 10.5 Å². The molecule has 0 amide bonds.